The number of carbonyl (C=O) groups is 1. The Balaban J connectivity index is 1.96. The summed E-state index contributed by atoms with van der Waals surface area (Å²) in [6.07, 6.45) is 2.81. The average molecular weight is 347 g/mol. The van der Waals surface area contributed by atoms with E-state index >= 15 is 0 Å². The first kappa shape index (κ1) is 13.6. The Morgan fingerprint density at radius 1 is 1.14 bits per heavy atom. The summed E-state index contributed by atoms with van der Waals surface area (Å²) in [5, 5.41) is 0. The third-order valence-electron chi connectivity index (χ3n) is 2.93. The first-order chi connectivity index (χ1) is 10.2. The van der Waals surface area contributed by atoms with Crippen LogP contribution in [0.3, 0.4) is 0 Å². The van der Waals surface area contributed by atoms with Gasteiger partial charge in [-0.05, 0) is 24.3 Å². The summed E-state index contributed by atoms with van der Waals surface area (Å²) in [5.74, 6) is 0.397. The van der Waals surface area contributed by atoms with Crippen molar-refractivity contribution in [2.45, 2.75) is 0 Å². The van der Waals surface area contributed by atoms with Gasteiger partial charge in [0.1, 0.15) is 5.65 Å². The first-order valence-electron chi connectivity index (χ1n) is 6.16. The Kier molecular flexibility index (Phi) is 3.62. The molecule has 2 aromatic heterocycles. The van der Waals surface area contributed by atoms with Crippen molar-refractivity contribution < 1.29 is 14.3 Å². The number of carbonyl (C=O) groups excluding carboxylic acids is 1. The van der Waals surface area contributed by atoms with Crippen LogP contribution in [-0.2, 0) is 4.74 Å². The summed E-state index contributed by atoms with van der Waals surface area (Å²) in [6, 6.07) is 11.3. The monoisotopic (exact) mass is 346 g/mol. The van der Waals surface area contributed by atoms with E-state index in [-0.39, 0.29) is 0 Å². The molecule has 3 aromatic rings. The second-order valence-electron chi connectivity index (χ2n) is 4.32. The molecule has 21 heavy (non-hydrogen) atoms. The summed E-state index contributed by atoms with van der Waals surface area (Å²) >= 11 is 3.41. The Morgan fingerprint density at radius 3 is 2.62 bits per heavy atom. The van der Waals surface area contributed by atoms with Crippen molar-refractivity contribution in [1.82, 2.24) is 9.38 Å². The third-order valence-corrected chi connectivity index (χ3v) is 3.46. The van der Waals surface area contributed by atoms with E-state index in [0.717, 1.165) is 21.4 Å². The van der Waals surface area contributed by atoms with Crippen LogP contribution in [0.4, 0.5) is 4.79 Å². The van der Waals surface area contributed by atoms with Crippen molar-refractivity contribution in [1.29, 1.82) is 0 Å². The average Bonchev–Trinajstić information content (AvgIpc) is 2.91. The topological polar surface area (TPSA) is 52.8 Å². The standard InChI is InChI=1S/C15H11BrN2O3/c1-20-15(19)21-12-6-7-14-17-13(9-18(14)8-12)10-2-4-11(16)5-3-10/h2-9H,1H3. The highest BCUT2D eigenvalue weighted by molar-refractivity contribution is 9.10. The van der Waals surface area contributed by atoms with Gasteiger partial charge in [-0.2, -0.15) is 0 Å². The molecule has 0 saturated carbocycles. The minimum atomic E-state index is -0.748. The summed E-state index contributed by atoms with van der Waals surface area (Å²) in [5.41, 5.74) is 2.63. The highest BCUT2D eigenvalue weighted by Gasteiger charge is 2.08. The zero-order chi connectivity index (χ0) is 14.8. The molecule has 0 aliphatic rings. The van der Waals surface area contributed by atoms with Crippen LogP contribution >= 0.6 is 15.9 Å². The molecule has 0 fully saturated rings. The molecular formula is C15H11BrN2O3. The second-order valence-corrected chi connectivity index (χ2v) is 5.24. The molecule has 0 unspecified atom stereocenters. The molecule has 0 radical (unpaired) electrons. The number of benzene rings is 1. The van der Waals surface area contributed by atoms with Crippen LogP contribution in [0.2, 0.25) is 0 Å². The number of aromatic nitrogens is 2. The Labute approximate surface area is 129 Å². The molecule has 0 aliphatic carbocycles. The smallest absolute Gasteiger partial charge is 0.437 e. The molecule has 2 heterocycles. The SMILES string of the molecule is COC(=O)Oc1ccc2nc(-c3ccc(Br)cc3)cn2c1. The van der Waals surface area contributed by atoms with Crippen LogP contribution < -0.4 is 4.74 Å². The predicted molar refractivity (Wildman–Crippen MR) is 81.4 cm³/mol. The fraction of sp³-hybridized carbons (Fsp3) is 0.0667. The zero-order valence-electron chi connectivity index (χ0n) is 11.1. The van der Waals surface area contributed by atoms with Crippen molar-refractivity contribution in [3.8, 4) is 17.0 Å². The lowest BCUT2D eigenvalue weighted by Gasteiger charge is -2.02. The molecule has 0 aliphatic heterocycles. The zero-order valence-corrected chi connectivity index (χ0v) is 12.7. The fourth-order valence-electron chi connectivity index (χ4n) is 1.93. The van der Waals surface area contributed by atoms with E-state index in [1.54, 1.807) is 22.7 Å². The van der Waals surface area contributed by atoms with Gasteiger partial charge in [0.25, 0.3) is 0 Å². The molecule has 5 nitrogen and oxygen atoms in total. The number of nitrogens with zero attached hydrogens (tertiary/aromatic N) is 2. The summed E-state index contributed by atoms with van der Waals surface area (Å²) in [7, 11) is 1.27. The van der Waals surface area contributed by atoms with Crippen LogP contribution in [0.15, 0.2) is 53.3 Å². The number of ether oxygens (including phenoxy) is 2. The van der Waals surface area contributed by atoms with Gasteiger partial charge in [0, 0.05) is 16.2 Å². The van der Waals surface area contributed by atoms with E-state index in [1.807, 2.05) is 30.5 Å². The molecule has 6 heteroatoms. The number of methoxy groups -OCH3 is 1. The summed E-state index contributed by atoms with van der Waals surface area (Å²) in [6.45, 7) is 0. The quantitative estimate of drug-likeness (QED) is 0.660. The van der Waals surface area contributed by atoms with Crippen molar-refractivity contribution >= 4 is 27.7 Å². The number of halogens is 1. The minimum Gasteiger partial charge on any atom is -0.437 e. The first-order valence-corrected chi connectivity index (χ1v) is 6.95. The van der Waals surface area contributed by atoms with Gasteiger partial charge < -0.3 is 13.9 Å². The molecular weight excluding hydrogens is 336 g/mol. The number of hydrogen-bond donors (Lipinski definition) is 0. The van der Waals surface area contributed by atoms with Crippen molar-refractivity contribution in [2.75, 3.05) is 7.11 Å². The molecule has 3 rings (SSSR count). The lowest BCUT2D eigenvalue weighted by molar-refractivity contribution is 0.121. The summed E-state index contributed by atoms with van der Waals surface area (Å²) in [4.78, 5) is 15.6. The van der Waals surface area contributed by atoms with E-state index in [2.05, 4.69) is 25.7 Å². The van der Waals surface area contributed by atoms with Gasteiger partial charge in [-0.3, -0.25) is 0 Å². The largest absolute Gasteiger partial charge is 0.513 e. The van der Waals surface area contributed by atoms with Crippen LogP contribution in [-0.4, -0.2) is 22.6 Å². The molecule has 1 aromatic carbocycles. The molecule has 0 amide bonds. The maximum Gasteiger partial charge on any atom is 0.513 e. The highest BCUT2D eigenvalue weighted by Crippen LogP contribution is 2.23. The van der Waals surface area contributed by atoms with Gasteiger partial charge in [-0.1, -0.05) is 28.1 Å². The van der Waals surface area contributed by atoms with E-state index in [9.17, 15) is 4.79 Å². The van der Waals surface area contributed by atoms with Crippen LogP contribution in [0.5, 0.6) is 5.75 Å². The van der Waals surface area contributed by atoms with Gasteiger partial charge >= 0.3 is 6.16 Å². The van der Waals surface area contributed by atoms with Crippen molar-refractivity contribution in [3.63, 3.8) is 0 Å². The maximum absolute atomic E-state index is 11.1. The van der Waals surface area contributed by atoms with Gasteiger partial charge in [-0.25, -0.2) is 9.78 Å². The number of pyridine rings is 1. The summed E-state index contributed by atoms with van der Waals surface area (Å²) < 4.78 is 12.3. The van der Waals surface area contributed by atoms with Gasteiger partial charge in [0.2, 0.25) is 0 Å². The Hall–Kier alpha value is -2.34. The molecule has 0 N–H and O–H groups in total. The predicted octanol–water partition coefficient (Wildman–Crippen LogP) is 3.91. The molecule has 0 atom stereocenters. The highest BCUT2D eigenvalue weighted by atomic mass is 79.9. The molecule has 0 bridgehead atoms. The lowest BCUT2D eigenvalue weighted by atomic mass is 10.2. The lowest BCUT2D eigenvalue weighted by Crippen LogP contribution is -2.07. The third kappa shape index (κ3) is 2.90. The van der Waals surface area contributed by atoms with E-state index in [1.165, 1.54) is 7.11 Å². The van der Waals surface area contributed by atoms with Gasteiger partial charge in [-0.15, -0.1) is 0 Å². The Morgan fingerprint density at radius 2 is 1.90 bits per heavy atom. The normalized spacial score (nSPS) is 10.6. The second kappa shape index (κ2) is 5.57. The fourth-order valence-corrected chi connectivity index (χ4v) is 2.19. The van der Waals surface area contributed by atoms with E-state index in [4.69, 9.17) is 4.74 Å². The minimum absolute atomic E-state index is 0.397. The maximum atomic E-state index is 11.1. The van der Waals surface area contributed by atoms with E-state index < -0.39 is 6.16 Å². The van der Waals surface area contributed by atoms with Gasteiger partial charge in [0.15, 0.2) is 5.75 Å². The Bertz CT molecular complexity index is 796. The van der Waals surface area contributed by atoms with Crippen LogP contribution in [0.25, 0.3) is 16.9 Å². The van der Waals surface area contributed by atoms with Crippen LogP contribution in [0, 0.1) is 0 Å². The van der Waals surface area contributed by atoms with Crippen molar-refractivity contribution in [3.05, 3.63) is 53.3 Å². The molecule has 0 spiro atoms. The van der Waals surface area contributed by atoms with Crippen LogP contribution in [0.1, 0.15) is 0 Å². The van der Waals surface area contributed by atoms with Crippen molar-refractivity contribution in [2.24, 2.45) is 0 Å². The molecule has 0 saturated heterocycles. The number of imidazole rings is 1. The number of rotatable bonds is 2. The number of fused-ring (bicyclic) bond motifs is 1. The molecule has 106 valence electrons. The number of hydrogen-bond acceptors (Lipinski definition) is 4. The van der Waals surface area contributed by atoms with E-state index in [0.29, 0.717) is 5.75 Å². The van der Waals surface area contributed by atoms with Gasteiger partial charge in [0.05, 0.1) is 19.0 Å².